The van der Waals surface area contributed by atoms with Crippen molar-refractivity contribution in [3.63, 3.8) is 0 Å². The first kappa shape index (κ1) is 18.6. The molecule has 3 aliphatic rings. The first-order chi connectivity index (χ1) is 11.7. The number of hydrogen-bond acceptors (Lipinski definition) is 5. The van der Waals surface area contributed by atoms with Gasteiger partial charge in [-0.3, -0.25) is 0 Å². The quantitative estimate of drug-likeness (QED) is 0.411. The Bertz CT molecular complexity index is 597. The molecular weight excluding hydrogens is 320 g/mol. The van der Waals surface area contributed by atoms with Crippen molar-refractivity contribution in [2.24, 2.45) is 22.7 Å². The third kappa shape index (κ3) is 2.86. The lowest BCUT2D eigenvalue weighted by Crippen LogP contribution is -2.57. The van der Waals surface area contributed by atoms with Crippen molar-refractivity contribution in [1.82, 2.24) is 0 Å². The van der Waals surface area contributed by atoms with Gasteiger partial charge in [-0.15, -0.1) is 0 Å². The molecular formula is C20H30O5. The van der Waals surface area contributed by atoms with Crippen LogP contribution in [0.2, 0.25) is 0 Å². The zero-order valence-corrected chi connectivity index (χ0v) is 15.2. The summed E-state index contributed by atoms with van der Waals surface area (Å²) < 4.78 is 4.90. The molecule has 6 atom stereocenters. The fourth-order valence-electron chi connectivity index (χ4n) is 5.56. The van der Waals surface area contributed by atoms with Crippen LogP contribution in [0, 0.1) is 22.7 Å². The minimum absolute atomic E-state index is 0.0280. The maximum absolute atomic E-state index is 11.8. The number of allylic oxidation sites excluding steroid dienone is 2. The summed E-state index contributed by atoms with van der Waals surface area (Å²) in [5.41, 5.74) is 0.911. The van der Waals surface area contributed by atoms with Crippen molar-refractivity contribution in [1.29, 1.82) is 0 Å². The molecule has 0 spiro atoms. The summed E-state index contributed by atoms with van der Waals surface area (Å²) in [5, 5.41) is 30.4. The number of fused-ring (bicyclic) bond motifs is 1. The Hall–Kier alpha value is -1.17. The van der Waals surface area contributed by atoms with Crippen LogP contribution >= 0.6 is 0 Å². The summed E-state index contributed by atoms with van der Waals surface area (Å²) in [6.45, 7) is 8.50. The minimum atomic E-state index is -0.844. The molecule has 1 aliphatic heterocycles. The number of rotatable bonds is 3. The predicted molar refractivity (Wildman–Crippen MR) is 93.6 cm³/mol. The van der Waals surface area contributed by atoms with Gasteiger partial charge in [0.05, 0.1) is 18.3 Å². The van der Waals surface area contributed by atoms with E-state index in [0.29, 0.717) is 18.4 Å². The van der Waals surface area contributed by atoms with Crippen LogP contribution in [0.15, 0.2) is 23.8 Å². The minimum Gasteiger partial charge on any atom is -0.459 e. The Morgan fingerprint density at radius 3 is 2.64 bits per heavy atom. The number of ether oxygens (including phenoxy) is 1. The number of carbonyl (C=O) groups is 1. The number of carbonyl (C=O) groups excluding carboxylic acids is 1. The van der Waals surface area contributed by atoms with Crippen molar-refractivity contribution < 1.29 is 24.9 Å². The number of esters is 1. The van der Waals surface area contributed by atoms with E-state index in [1.807, 2.05) is 13.0 Å². The first-order valence-electron chi connectivity index (χ1n) is 9.26. The molecule has 0 aromatic carbocycles. The average Bonchev–Trinajstić information content (AvgIpc) is 2.89. The van der Waals surface area contributed by atoms with Gasteiger partial charge in [-0.1, -0.05) is 32.1 Å². The molecule has 2 saturated carbocycles. The summed E-state index contributed by atoms with van der Waals surface area (Å²) in [5.74, 6) is -0.0734. The number of hydrogen-bond donors (Lipinski definition) is 3. The maximum atomic E-state index is 11.8. The fraction of sp³-hybridized carbons (Fsp3) is 0.750. The van der Waals surface area contributed by atoms with Crippen molar-refractivity contribution in [3.05, 3.63) is 23.8 Å². The van der Waals surface area contributed by atoms with Crippen molar-refractivity contribution in [2.45, 2.75) is 58.2 Å². The van der Waals surface area contributed by atoms with E-state index < -0.39 is 23.6 Å². The van der Waals surface area contributed by atoms with E-state index in [2.05, 4.69) is 13.5 Å². The normalized spacial score (nSPS) is 46.2. The monoisotopic (exact) mass is 350 g/mol. The smallest absolute Gasteiger partial charge is 0.336 e. The van der Waals surface area contributed by atoms with Crippen LogP contribution in [0.5, 0.6) is 0 Å². The SMILES string of the molecule is C=C1CC[C@@H]2C(C)(CO)[C@@H](O)CC[C@@]2(C)[C@@H]1C/C=C1/C(=O)OC[C@@H]1O. The summed E-state index contributed by atoms with van der Waals surface area (Å²) in [6, 6.07) is 0. The van der Waals surface area contributed by atoms with Gasteiger partial charge >= 0.3 is 5.97 Å². The zero-order valence-electron chi connectivity index (χ0n) is 15.2. The molecule has 5 nitrogen and oxygen atoms in total. The summed E-state index contributed by atoms with van der Waals surface area (Å²) in [4.78, 5) is 11.8. The average molecular weight is 350 g/mol. The second-order valence-corrected chi connectivity index (χ2v) is 8.54. The molecule has 1 heterocycles. The van der Waals surface area contributed by atoms with Gasteiger partial charge in [0.25, 0.3) is 0 Å². The summed E-state index contributed by atoms with van der Waals surface area (Å²) in [7, 11) is 0. The molecule has 3 N–H and O–H groups in total. The van der Waals surface area contributed by atoms with Crippen LogP contribution in [0.3, 0.4) is 0 Å². The van der Waals surface area contributed by atoms with Crippen LogP contribution in [-0.2, 0) is 9.53 Å². The van der Waals surface area contributed by atoms with Gasteiger partial charge in [0.2, 0.25) is 0 Å². The van der Waals surface area contributed by atoms with E-state index >= 15 is 0 Å². The van der Waals surface area contributed by atoms with Crippen LogP contribution < -0.4 is 0 Å². The van der Waals surface area contributed by atoms with Crippen molar-refractivity contribution in [3.8, 4) is 0 Å². The zero-order chi connectivity index (χ0) is 18.4. The Balaban J connectivity index is 1.89. The Morgan fingerprint density at radius 2 is 2.04 bits per heavy atom. The Kier molecular flexibility index (Phi) is 4.86. The van der Waals surface area contributed by atoms with Crippen LogP contribution in [-0.4, -0.2) is 46.7 Å². The first-order valence-corrected chi connectivity index (χ1v) is 9.26. The van der Waals surface area contributed by atoms with E-state index in [9.17, 15) is 20.1 Å². The molecule has 5 heteroatoms. The molecule has 3 rings (SSSR count). The number of aliphatic hydroxyl groups excluding tert-OH is 3. The van der Waals surface area contributed by atoms with E-state index in [1.54, 1.807) is 0 Å². The van der Waals surface area contributed by atoms with Gasteiger partial charge in [0.15, 0.2) is 0 Å². The summed E-state index contributed by atoms with van der Waals surface area (Å²) in [6.07, 6.45) is 4.42. The highest BCUT2D eigenvalue weighted by Crippen LogP contribution is 2.61. The van der Waals surface area contributed by atoms with Gasteiger partial charge in [0.1, 0.15) is 12.7 Å². The van der Waals surface area contributed by atoms with Gasteiger partial charge in [-0.25, -0.2) is 4.79 Å². The molecule has 25 heavy (non-hydrogen) atoms. The van der Waals surface area contributed by atoms with E-state index in [1.165, 1.54) is 0 Å². The molecule has 1 unspecified atom stereocenters. The Labute approximate surface area is 149 Å². The second kappa shape index (κ2) is 6.53. The second-order valence-electron chi connectivity index (χ2n) is 8.54. The van der Waals surface area contributed by atoms with E-state index in [-0.39, 0.29) is 30.5 Å². The molecule has 1 saturated heterocycles. The highest BCUT2D eigenvalue weighted by atomic mass is 16.6. The molecule has 0 aromatic heterocycles. The molecule has 0 bridgehead atoms. The molecule has 140 valence electrons. The van der Waals surface area contributed by atoms with Gasteiger partial charge < -0.3 is 20.1 Å². The van der Waals surface area contributed by atoms with Gasteiger partial charge in [0, 0.05) is 5.41 Å². The molecule has 0 amide bonds. The van der Waals surface area contributed by atoms with Crippen LogP contribution in [0.1, 0.15) is 46.0 Å². The number of aliphatic hydroxyl groups is 3. The molecule has 0 radical (unpaired) electrons. The largest absolute Gasteiger partial charge is 0.459 e. The Morgan fingerprint density at radius 1 is 1.32 bits per heavy atom. The summed E-state index contributed by atoms with van der Waals surface area (Å²) >= 11 is 0. The van der Waals surface area contributed by atoms with Crippen LogP contribution in [0.4, 0.5) is 0 Å². The lowest BCUT2D eigenvalue weighted by molar-refractivity contribution is -0.151. The lowest BCUT2D eigenvalue weighted by Gasteiger charge is -2.59. The van der Waals surface area contributed by atoms with Crippen molar-refractivity contribution >= 4 is 5.97 Å². The standard InChI is InChI=1S/C20H30O5/c1-12-4-7-16-19(2,9-8-17(23)20(16,3)11-21)14(12)6-5-13-15(22)10-25-18(13)24/h5,14-17,21-23H,1,4,6-11H2,2-3H3/b13-5+/t14-,15+,16+,17+,19+,20?/m1/s1. The maximum Gasteiger partial charge on any atom is 0.336 e. The molecule has 0 aromatic rings. The fourth-order valence-corrected chi connectivity index (χ4v) is 5.56. The van der Waals surface area contributed by atoms with Crippen molar-refractivity contribution in [2.75, 3.05) is 13.2 Å². The van der Waals surface area contributed by atoms with E-state index in [0.717, 1.165) is 24.8 Å². The molecule has 3 fully saturated rings. The van der Waals surface area contributed by atoms with Gasteiger partial charge in [-0.05, 0) is 49.4 Å². The highest BCUT2D eigenvalue weighted by Gasteiger charge is 2.57. The predicted octanol–water partition coefficient (Wildman–Crippen LogP) is 1.96. The van der Waals surface area contributed by atoms with Gasteiger partial charge in [-0.2, -0.15) is 0 Å². The third-order valence-corrected chi connectivity index (χ3v) is 7.23. The molecule has 2 aliphatic carbocycles. The highest BCUT2D eigenvalue weighted by molar-refractivity contribution is 5.91. The number of cyclic esters (lactones) is 1. The lowest BCUT2D eigenvalue weighted by atomic mass is 9.46. The topological polar surface area (TPSA) is 87.0 Å². The van der Waals surface area contributed by atoms with E-state index in [4.69, 9.17) is 4.74 Å². The van der Waals surface area contributed by atoms with Crippen LogP contribution in [0.25, 0.3) is 0 Å². The third-order valence-electron chi connectivity index (χ3n) is 7.23.